The molecule has 28 heavy (non-hydrogen) atoms. The molecule has 0 saturated heterocycles. The van der Waals surface area contributed by atoms with E-state index in [0.717, 1.165) is 46.1 Å². The second kappa shape index (κ2) is 8.09. The molecule has 2 aromatic carbocycles. The monoisotopic (exact) mass is 369 g/mol. The number of rotatable bonds is 6. The summed E-state index contributed by atoms with van der Waals surface area (Å²) in [6.45, 7) is 2.63. The normalized spacial score (nSPS) is 10.9. The van der Waals surface area contributed by atoms with Gasteiger partial charge in [0.25, 0.3) is 5.91 Å². The zero-order chi connectivity index (χ0) is 19.3. The quantitative estimate of drug-likeness (QED) is 0.475. The van der Waals surface area contributed by atoms with Crippen LogP contribution in [-0.2, 0) is 6.42 Å². The van der Waals surface area contributed by atoms with E-state index in [0.29, 0.717) is 6.54 Å². The summed E-state index contributed by atoms with van der Waals surface area (Å²) in [7, 11) is 0. The molecular formula is C24H23N3O. The minimum atomic E-state index is 0.00102. The first-order chi connectivity index (χ1) is 13.7. The molecule has 4 nitrogen and oxygen atoms in total. The molecule has 0 aliphatic heterocycles. The van der Waals surface area contributed by atoms with Crippen LogP contribution in [0, 0.1) is 6.92 Å². The van der Waals surface area contributed by atoms with Crippen LogP contribution in [0.15, 0.2) is 73.1 Å². The highest BCUT2D eigenvalue weighted by molar-refractivity contribution is 5.95. The molecule has 0 fully saturated rings. The minimum absolute atomic E-state index is 0.00102. The first-order valence-corrected chi connectivity index (χ1v) is 9.57. The summed E-state index contributed by atoms with van der Waals surface area (Å²) in [4.78, 5) is 19.8. The highest BCUT2D eigenvalue weighted by atomic mass is 16.1. The number of aromatic amines is 1. The van der Waals surface area contributed by atoms with Crippen molar-refractivity contribution in [2.45, 2.75) is 19.8 Å². The Bertz CT molecular complexity index is 1100. The van der Waals surface area contributed by atoms with Crippen molar-refractivity contribution in [2.75, 3.05) is 6.54 Å². The molecule has 1 amide bonds. The lowest BCUT2D eigenvalue weighted by atomic mass is 10.0. The van der Waals surface area contributed by atoms with Crippen LogP contribution in [0.1, 0.15) is 27.9 Å². The number of hydrogen-bond donors (Lipinski definition) is 2. The molecule has 2 N–H and O–H groups in total. The molecule has 140 valence electrons. The number of fused-ring (bicyclic) bond motifs is 1. The molecule has 4 rings (SSSR count). The van der Waals surface area contributed by atoms with E-state index in [1.54, 1.807) is 0 Å². The summed E-state index contributed by atoms with van der Waals surface area (Å²) in [5, 5.41) is 4.13. The molecule has 0 bridgehead atoms. The van der Waals surface area contributed by atoms with Gasteiger partial charge in [-0.25, -0.2) is 4.98 Å². The van der Waals surface area contributed by atoms with Crippen molar-refractivity contribution in [1.82, 2.24) is 15.3 Å². The smallest absolute Gasteiger partial charge is 0.251 e. The fourth-order valence-corrected chi connectivity index (χ4v) is 3.38. The van der Waals surface area contributed by atoms with Gasteiger partial charge < -0.3 is 10.3 Å². The Morgan fingerprint density at radius 3 is 2.68 bits per heavy atom. The topological polar surface area (TPSA) is 57.8 Å². The minimum Gasteiger partial charge on any atom is -0.352 e. The maximum Gasteiger partial charge on any atom is 0.251 e. The van der Waals surface area contributed by atoms with Gasteiger partial charge in [0.2, 0.25) is 0 Å². The number of aromatic nitrogens is 2. The van der Waals surface area contributed by atoms with Gasteiger partial charge in [-0.05, 0) is 54.7 Å². The Kier molecular flexibility index (Phi) is 5.20. The molecule has 0 spiro atoms. The molecule has 0 radical (unpaired) electrons. The highest BCUT2D eigenvalue weighted by Crippen LogP contribution is 2.23. The highest BCUT2D eigenvalue weighted by Gasteiger charge is 2.07. The molecule has 4 heteroatoms. The Labute approximate surface area is 164 Å². The van der Waals surface area contributed by atoms with Gasteiger partial charge in [-0.15, -0.1) is 0 Å². The predicted octanol–water partition coefficient (Wildman–Crippen LogP) is 4.90. The van der Waals surface area contributed by atoms with Gasteiger partial charge in [-0.2, -0.15) is 0 Å². The Balaban J connectivity index is 1.31. The number of amides is 1. The molecule has 0 unspecified atom stereocenters. The summed E-state index contributed by atoms with van der Waals surface area (Å²) < 4.78 is 0. The lowest BCUT2D eigenvalue weighted by Gasteiger charge is -2.08. The Morgan fingerprint density at radius 1 is 1.04 bits per heavy atom. The number of hydrogen-bond acceptors (Lipinski definition) is 2. The summed E-state index contributed by atoms with van der Waals surface area (Å²) in [5.74, 6) is 0.00102. The molecule has 0 saturated carbocycles. The van der Waals surface area contributed by atoms with Gasteiger partial charge in [0.05, 0.1) is 0 Å². The van der Waals surface area contributed by atoms with Crippen LogP contribution in [0.3, 0.4) is 0 Å². The predicted molar refractivity (Wildman–Crippen MR) is 113 cm³/mol. The van der Waals surface area contributed by atoms with Crippen LogP contribution in [0.25, 0.3) is 22.2 Å². The summed E-state index contributed by atoms with van der Waals surface area (Å²) >= 11 is 0. The molecule has 2 heterocycles. The van der Waals surface area contributed by atoms with Gasteiger partial charge in [0.1, 0.15) is 5.65 Å². The van der Waals surface area contributed by atoms with E-state index in [1.165, 1.54) is 5.56 Å². The standard InChI is InChI=1S/C24H23N3O/c1-17-5-2-3-7-22(17)24(28)26-13-4-6-18-8-10-19(11-9-18)21-15-20-12-14-25-23(20)27-16-21/h2-3,5,7-12,14-16H,4,6,13H2,1H3,(H,25,27)(H,26,28). The van der Waals surface area contributed by atoms with E-state index in [1.807, 2.05) is 49.6 Å². The van der Waals surface area contributed by atoms with Crippen LogP contribution in [-0.4, -0.2) is 22.4 Å². The van der Waals surface area contributed by atoms with Gasteiger partial charge in [0, 0.05) is 35.5 Å². The average Bonchev–Trinajstić information content (AvgIpc) is 3.20. The van der Waals surface area contributed by atoms with E-state index in [-0.39, 0.29) is 5.91 Å². The number of aryl methyl sites for hydroxylation is 2. The van der Waals surface area contributed by atoms with Crippen molar-refractivity contribution >= 4 is 16.9 Å². The van der Waals surface area contributed by atoms with Crippen molar-refractivity contribution in [3.63, 3.8) is 0 Å². The maximum atomic E-state index is 12.2. The number of benzene rings is 2. The zero-order valence-electron chi connectivity index (χ0n) is 15.9. The number of H-pyrrole nitrogens is 1. The van der Waals surface area contributed by atoms with Gasteiger partial charge in [-0.3, -0.25) is 4.79 Å². The van der Waals surface area contributed by atoms with Gasteiger partial charge in [-0.1, -0.05) is 42.5 Å². The first kappa shape index (κ1) is 18.0. The number of pyridine rings is 1. The lowest BCUT2D eigenvalue weighted by Crippen LogP contribution is -2.25. The van der Waals surface area contributed by atoms with Crippen LogP contribution in [0.5, 0.6) is 0 Å². The SMILES string of the molecule is Cc1ccccc1C(=O)NCCCc1ccc(-c2cnc3[nH]ccc3c2)cc1. The van der Waals surface area contributed by atoms with Crippen LogP contribution < -0.4 is 5.32 Å². The third-order valence-corrected chi connectivity index (χ3v) is 5.00. The average molecular weight is 369 g/mol. The zero-order valence-corrected chi connectivity index (χ0v) is 15.9. The van der Waals surface area contributed by atoms with Crippen LogP contribution in [0.2, 0.25) is 0 Å². The number of nitrogens with zero attached hydrogens (tertiary/aromatic N) is 1. The van der Waals surface area contributed by atoms with E-state index < -0.39 is 0 Å². The molecular weight excluding hydrogens is 346 g/mol. The fraction of sp³-hybridized carbons (Fsp3) is 0.167. The molecule has 0 aliphatic carbocycles. The van der Waals surface area contributed by atoms with Gasteiger partial charge >= 0.3 is 0 Å². The van der Waals surface area contributed by atoms with Gasteiger partial charge in [0.15, 0.2) is 0 Å². The Hall–Kier alpha value is -3.40. The number of carbonyl (C=O) groups excluding carboxylic acids is 1. The number of carbonyl (C=O) groups is 1. The van der Waals surface area contributed by atoms with E-state index >= 15 is 0 Å². The van der Waals surface area contributed by atoms with E-state index in [2.05, 4.69) is 45.6 Å². The van der Waals surface area contributed by atoms with Crippen LogP contribution in [0.4, 0.5) is 0 Å². The summed E-state index contributed by atoms with van der Waals surface area (Å²) in [6.07, 6.45) is 5.65. The van der Waals surface area contributed by atoms with E-state index in [4.69, 9.17) is 0 Å². The van der Waals surface area contributed by atoms with Crippen molar-refractivity contribution < 1.29 is 4.79 Å². The van der Waals surface area contributed by atoms with Crippen molar-refractivity contribution in [2.24, 2.45) is 0 Å². The lowest BCUT2D eigenvalue weighted by molar-refractivity contribution is 0.0952. The van der Waals surface area contributed by atoms with Crippen LogP contribution >= 0.6 is 0 Å². The third-order valence-electron chi connectivity index (χ3n) is 5.00. The molecule has 0 atom stereocenters. The second-order valence-electron chi connectivity index (χ2n) is 7.01. The Morgan fingerprint density at radius 2 is 1.86 bits per heavy atom. The number of nitrogens with one attached hydrogen (secondary N) is 2. The summed E-state index contributed by atoms with van der Waals surface area (Å²) in [6, 6.07) is 20.4. The molecule has 2 aromatic heterocycles. The van der Waals surface area contributed by atoms with Crippen molar-refractivity contribution in [3.05, 3.63) is 89.7 Å². The van der Waals surface area contributed by atoms with E-state index in [9.17, 15) is 4.79 Å². The third kappa shape index (κ3) is 3.96. The largest absolute Gasteiger partial charge is 0.352 e. The maximum absolute atomic E-state index is 12.2. The second-order valence-corrected chi connectivity index (χ2v) is 7.01. The first-order valence-electron chi connectivity index (χ1n) is 9.57. The fourth-order valence-electron chi connectivity index (χ4n) is 3.38. The van der Waals surface area contributed by atoms with Crippen molar-refractivity contribution in [1.29, 1.82) is 0 Å². The van der Waals surface area contributed by atoms with Crippen molar-refractivity contribution in [3.8, 4) is 11.1 Å². The molecule has 4 aromatic rings. The molecule has 0 aliphatic rings. The summed E-state index contributed by atoms with van der Waals surface area (Å²) in [5.41, 5.74) is 6.21.